The van der Waals surface area contributed by atoms with Crippen LogP contribution in [0.15, 0.2) is 76.5 Å². The van der Waals surface area contributed by atoms with Crippen LogP contribution in [0.3, 0.4) is 0 Å². The first-order chi connectivity index (χ1) is 34.8. The first-order valence-corrected chi connectivity index (χ1v) is 25.7. The number of hydrogen-bond donors (Lipinski definition) is 5. The lowest BCUT2D eigenvalue weighted by Gasteiger charge is -2.38. The van der Waals surface area contributed by atoms with E-state index in [1.54, 1.807) is 43.9 Å². The number of aliphatic hydroxyl groups is 2. The Morgan fingerprint density at radius 1 is 0.945 bits per heavy atom. The number of ether oxygens (including phenoxy) is 4. The highest BCUT2D eigenvalue weighted by atomic mass is 16.7. The molecule has 392 valence electrons. The molecule has 17 nitrogen and oxygen atoms in total. The predicted molar refractivity (Wildman–Crippen MR) is 273 cm³/mol. The van der Waals surface area contributed by atoms with Gasteiger partial charge in [-0.05, 0) is 63.0 Å². The van der Waals surface area contributed by atoms with E-state index in [9.17, 15) is 39.6 Å². The minimum Gasteiger partial charge on any atom is -0.507 e. The number of phenolic OH excluding ortho intramolecular Hbond substituents is 2. The highest BCUT2D eigenvalue weighted by Gasteiger charge is 2.50. The molecule has 6 atom stereocenters. The summed E-state index contributed by atoms with van der Waals surface area (Å²) < 4.78 is 24.1. The van der Waals surface area contributed by atoms with Crippen molar-refractivity contribution in [3.63, 3.8) is 0 Å². The number of amides is 2. The molecule has 0 radical (unpaired) electrons. The second kappa shape index (κ2) is 22.1. The number of piperidine rings is 2. The molecule has 9 rings (SSSR count). The van der Waals surface area contributed by atoms with Gasteiger partial charge in [0, 0.05) is 94.4 Å². The van der Waals surface area contributed by atoms with Gasteiger partial charge in [0.25, 0.3) is 11.7 Å². The number of nitrogens with zero attached hydrogens (tertiary/aromatic N) is 4. The number of allylic oxidation sites excluding steroid dienone is 2. The lowest BCUT2D eigenvalue weighted by Crippen LogP contribution is -2.47. The minimum absolute atomic E-state index is 0.0408. The Morgan fingerprint density at radius 3 is 2.34 bits per heavy atom. The van der Waals surface area contributed by atoms with Crippen molar-refractivity contribution >= 4 is 40.0 Å². The molecule has 6 heterocycles. The maximum Gasteiger partial charge on any atom is 0.315 e. The van der Waals surface area contributed by atoms with Crippen LogP contribution in [-0.2, 0) is 28.6 Å². The molecule has 2 amide bonds. The van der Waals surface area contributed by atoms with Gasteiger partial charge in [-0.15, -0.1) is 0 Å². The average Bonchev–Trinajstić information content (AvgIpc) is 3.85. The number of carbonyl (C=O) groups is 4. The zero-order valence-electron chi connectivity index (χ0n) is 43.1. The normalized spacial score (nSPS) is 27.6. The number of aliphatic hydroxyl groups excluding tert-OH is 2. The van der Waals surface area contributed by atoms with Crippen molar-refractivity contribution in [2.75, 3.05) is 51.8 Å². The van der Waals surface area contributed by atoms with Gasteiger partial charge in [0.15, 0.2) is 5.75 Å². The number of likely N-dealkylation sites (tertiary alicyclic amines) is 2. The maximum atomic E-state index is 14.9. The minimum atomic E-state index is -1.98. The topological polar surface area (TPSA) is 229 Å². The van der Waals surface area contributed by atoms with Gasteiger partial charge < -0.3 is 54.5 Å². The molecule has 6 aliphatic heterocycles. The van der Waals surface area contributed by atoms with E-state index in [0.717, 1.165) is 19.4 Å². The third kappa shape index (κ3) is 11.5. The molecule has 73 heavy (non-hydrogen) atoms. The standard InChI is InChI=1S/C56H71N5O12/c1-32(2)30-60-23-19-56(20-24-60)58-47-44-45-50(66)35(5)52-46(44)53(68)55(6,73-52)71-25-18-36(31-70-7)26-40(72-43(65)29-42(64)61-21-16-38(17-22-61)37-14-9-8-10-15-37)27-39(62)28-41(63)33(3)12-11-13-34(4)54(69)57-49(51(45)67)48(47)59-56/h8-15,18,25,32-33,36,38-41,58,62-63,66-67H,16-17,19-24,26-31H2,1-7H3/b12-11+,25-18+,34-13-,57-49?/t33?,36?,39?,40-,41-,55?/m1/s1. The van der Waals surface area contributed by atoms with Crippen molar-refractivity contribution in [2.45, 2.75) is 129 Å². The second-order valence-electron chi connectivity index (χ2n) is 21.1. The summed E-state index contributed by atoms with van der Waals surface area (Å²) in [5.41, 5.74) is 1.04. The fourth-order valence-corrected chi connectivity index (χ4v) is 10.9. The molecule has 0 aromatic heterocycles. The number of ketones is 1. The molecular weight excluding hydrogens is 935 g/mol. The van der Waals surface area contributed by atoms with Crippen molar-refractivity contribution in [3.05, 3.63) is 93.9 Å². The smallest absolute Gasteiger partial charge is 0.315 e. The first kappa shape index (κ1) is 53.2. The number of hydrogen-bond acceptors (Lipinski definition) is 15. The summed E-state index contributed by atoms with van der Waals surface area (Å²) in [6.07, 6.45) is 6.73. The quantitative estimate of drug-likeness (QED) is 0.0986. The molecule has 17 heteroatoms. The predicted octanol–water partition coefficient (Wildman–Crippen LogP) is 6.04. The van der Waals surface area contributed by atoms with Crippen LogP contribution in [0.2, 0.25) is 0 Å². The van der Waals surface area contributed by atoms with Crippen LogP contribution in [0.5, 0.6) is 17.2 Å². The van der Waals surface area contributed by atoms with E-state index in [2.05, 4.69) is 41.2 Å². The molecule has 6 aliphatic rings. The Labute approximate surface area is 426 Å². The van der Waals surface area contributed by atoms with Crippen LogP contribution in [0, 0.1) is 24.7 Å². The Kier molecular flexibility index (Phi) is 16.1. The summed E-state index contributed by atoms with van der Waals surface area (Å²) in [5, 5.41) is 50.4. The summed E-state index contributed by atoms with van der Waals surface area (Å²) in [5.74, 6) is -5.53. The monoisotopic (exact) mass is 1010 g/mol. The highest BCUT2D eigenvalue weighted by molar-refractivity contribution is 6.21. The summed E-state index contributed by atoms with van der Waals surface area (Å²) in [6.45, 7) is 14.1. The molecule has 5 N–H and O–H groups in total. The molecule has 0 saturated carbocycles. The molecule has 2 saturated heterocycles. The highest BCUT2D eigenvalue weighted by Crippen LogP contribution is 2.51. The van der Waals surface area contributed by atoms with Gasteiger partial charge in [-0.2, -0.15) is 0 Å². The summed E-state index contributed by atoms with van der Waals surface area (Å²) in [6, 6.07) is 10.2. The number of methoxy groups -OCH3 is 1. The van der Waals surface area contributed by atoms with Crippen molar-refractivity contribution in [1.29, 1.82) is 0 Å². The van der Waals surface area contributed by atoms with Crippen LogP contribution in [-0.4, -0.2) is 130 Å². The van der Waals surface area contributed by atoms with Gasteiger partial charge in [-0.25, -0.2) is 4.99 Å². The number of carbonyl (C=O) groups excluding carboxylic acids is 4. The molecule has 3 aromatic carbocycles. The molecule has 0 aliphatic carbocycles. The van der Waals surface area contributed by atoms with E-state index in [0.29, 0.717) is 56.5 Å². The van der Waals surface area contributed by atoms with Crippen LogP contribution in [0.25, 0.3) is 10.8 Å². The average molecular weight is 1010 g/mol. The van der Waals surface area contributed by atoms with Crippen LogP contribution in [0.1, 0.15) is 113 Å². The first-order valence-electron chi connectivity index (χ1n) is 25.7. The Morgan fingerprint density at radius 2 is 1.66 bits per heavy atom. The largest absolute Gasteiger partial charge is 0.507 e. The molecular formula is C56H71N5O12. The van der Waals surface area contributed by atoms with E-state index in [1.165, 1.54) is 31.9 Å². The number of fused-ring (bicyclic) bond motifs is 13. The lowest BCUT2D eigenvalue weighted by molar-refractivity contribution is -0.155. The van der Waals surface area contributed by atoms with Crippen molar-refractivity contribution in [2.24, 2.45) is 27.7 Å². The van der Waals surface area contributed by atoms with Crippen molar-refractivity contribution in [1.82, 2.24) is 9.80 Å². The third-order valence-corrected chi connectivity index (χ3v) is 15.0. The fourth-order valence-electron chi connectivity index (χ4n) is 10.9. The van der Waals surface area contributed by atoms with E-state index in [4.69, 9.17) is 23.9 Å². The van der Waals surface area contributed by atoms with E-state index >= 15 is 0 Å². The Hall–Kier alpha value is -6.14. The summed E-state index contributed by atoms with van der Waals surface area (Å²) in [7, 11) is 1.50. The molecule has 1 spiro atoms. The number of benzene rings is 3. The Balaban J connectivity index is 1.12. The van der Waals surface area contributed by atoms with Crippen LogP contribution < -0.4 is 20.8 Å². The van der Waals surface area contributed by atoms with E-state index in [1.807, 2.05) is 18.2 Å². The number of nitrogens with one attached hydrogen (secondary N) is 1. The van der Waals surface area contributed by atoms with E-state index in [-0.39, 0.29) is 81.5 Å². The number of anilines is 1. The maximum absolute atomic E-state index is 14.9. The molecule has 3 aromatic rings. The van der Waals surface area contributed by atoms with Crippen molar-refractivity contribution < 1.29 is 58.6 Å². The number of Topliss-reactive ketones (excluding diaryl/α,β-unsaturated/α-hetero) is 1. The Bertz CT molecular complexity index is 2810. The van der Waals surface area contributed by atoms with Crippen LogP contribution in [0.4, 0.5) is 5.69 Å². The SMILES string of the molecule is COCC1/C=C/OC2(C)Oc3c(C)c(O)c4c(O)c(c5c(c4c3C2=O)NC2(CCN(CC(C)C)CC2)N=5)=NC(=O)/C(C)=C\C=C\C(C)[C@H](O)CC(O)C[C@H](OC(=O)CC(=O)N2CCC(c3ccccc3)CC2)C1. The lowest BCUT2D eigenvalue weighted by atomic mass is 9.89. The van der Waals surface area contributed by atoms with Crippen LogP contribution >= 0.6 is 0 Å². The zero-order valence-corrected chi connectivity index (χ0v) is 43.1. The molecule has 2 fully saturated rings. The zero-order chi connectivity index (χ0) is 52.4. The summed E-state index contributed by atoms with van der Waals surface area (Å²) >= 11 is 0. The van der Waals surface area contributed by atoms with Gasteiger partial charge >= 0.3 is 11.8 Å². The number of esters is 1. The number of phenols is 2. The van der Waals surface area contributed by atoms with Gasteiger partial charge in [0.1, 0.15) is 40.4 Å². The van der Waals surface area contributed by atoms with Gasteiger partial charge in [0.2, 0.25) is 5.91 Å². The third-order valence-electron chi connectivity index (χ3n) is 15.0. The number of rotatable bonds is 8. The molecule has 5 bridgehead atoms. The summed E-state index contributed by atoms with van der Waals surface area (Å²) in [4.78, 5) is 69.5. The van der Waals surface area contributed by atoms with Crippen molar-refractivity contribution in [3.8, 4) is 17.2 Å². The fraction of sp³-hybridized carbons (Fsp3) is 0.536. The van der Waals surface area contributed by atoms with E-state index < -0.39 is 71.4 Å². The molecule has 4 unspecified atom stereocenters. The second-order valence-corrected chi connectivity index (χ2v) is 21.1. The van der Waals surface area contributed by atoms with Gasteiger partial charge in [-0.1, -0.05) is 69.3 Å². The van der Waals surface area contributed by atoms with Gasteiger partial charge in [-0.3, -0.25) is 24.2 Å². The number of aromatic hydroxyl groups is 2. The van der Waals surface area contributed by atoms with Gasteiger partial charge in [0.05, 0.1) is 41.7 Å².